The maximum atomic E-state index is 13.9. The van der Waals surface area contributed by atoms with E-state index in [0.717, 1.165) is 16.8 Å². The molecule has 4 atom stereocenters. The standard InChI is InChI=1S/C25H22N8O3/c26-24-31-18-17(20(35)32-24)29-22(30-18)25-11-16-19(34)27-15(10-12-6-2-1-3-7-12)21(36)33(16)23(25)28-14-9-5-4-8-13(14)25/h1-9,15-16,23,28H,10-11H2,(H,27,34)(H4,26,29,30,31,32,35). The van der Waals surface area contributed by atoms with Crippen molar-refractivity contribution in [1.29, 1.82) is 0 Å². The van der Waals surface area contributed by atoms with E-state index in [2.05, 4.69) is 30.6 Å². The molecule has 5 heterocycles. The van der Waals surface area contributed by atoms with Crippen molar-refractivity contribution in [2.24, 2.45) is 0 Å². The smallest absolute Gasteiger partial charge is 0.278 e. The molecule has 11 heteroatoms. The SMILES string of the molecule is Nc1nc2nc(C34CC5C(=O)NC(Cc6ccccc6)C(=O)N5C3Nc3ccccc34)[nH]c2c(=O)[nH]1. The van der Waals surface area contributed by atoms with Crippen molar-refractivity contribution in [2.45, 2.75) is 36.5 Å². The van der Waals surface area contributed by atoms with Crippen LogP contribution in [-0.2, 0) is 21.4 Å². The second-order valence-electron chi connectivity index (χ2n) is 9.52. The number of benzene rings is 2. The van der Waals surface area contributed by atoms with Crippen molar-refractivity contribution in [3.8, 4) is 0 Å². The quantitative estimate of drug-likeness (QED) is 0.286. The summed E-state index contributed by atoms with van der Waals surface area (Å²) in [6.07, 6.45) is 0.114. The average Bonchev–Trinajstić information content (AvgIpc) is 3.53. The average molecular weight is 483 g/mol. The van der Waals surface area contributed by atoms with Gasteiger partial charge in [0, 0.05) is 12.1 Å². The number of rotatable bonds is 3. The summed E-state index contributed by atoms with van der Waals surface area (Å²) in [6, 6.07) is 16.0. The minimum atomic E-state index is -0.891. The van der Waals surface area contributed by atoms with Crippen molar-refractivity contribution < 1.29 is 9.59 Å². The molecule has 4 aromatic rings. The van der Waals surface area contributed by atoms with Gasteiger partial charge in [0.05, 0.1) is 5.41 Å². The van der Waals surface area contributed by atoms with Crippen molar-refractivity contribution in [2.75, 3.05) is 11.1 Å². The van der Waals surface area contributed by atoms with Crippen molar-refractivity contribution in [3.63, 3.8) is 0 Å². The lowest BCUT2D eigenvalue weighted by atomic mass is 9.77. The van der Waals surface area contributed by atoms with Gasteiger partial charge in [0.2, 0.25) is 17.8 Å². The van der Waals surface area contributed by atoms with E-state index in [0.29, 0.717) is 18.7 Å². The first-order valence-corrected chi connectivity index (χ1v) is 11.7. The lowest BCUT2D eigenvalue weighted by molar-refractivity contribution is -0.148. The first-order chi connectivity index (χ1) is 17.5. The molecule has 11 nitrogen and oxygen atoms in total. The molecule has 2 amide bonds. The molecule has 3 aliphatic heterocycles. The van der Waals surface area contributed by atoms with E-state index in [1.54, 1.807) is 4.90 Å². The Labute approximate surface area is 204 Å². The molecule has 6 N–H and O–H groups in total. The van der Waals surface area contributed by atoms with Crippen LogP contribution in [0.2, 0.25) is 0 Å². The number of amides is 2. The molecular formula is C25H22N8O3. The monoisotopic (exact) mass is 482 g/mol. The van der Waals surface area contributed by atoms with Gasteiger partial charge in [-0.25, -0.2) is 4.98 Å². The number of para-hydroxylation sites is 1. The summed E-state index contributed by atoms with van der Waals surface area (Å²) in [5.74, 6) is 0.0525. The van der Waals surface area contributed by atoms with Crippen LogP contribution in [0.15, 0.2) is 59.4 Å². The summed E-state index contributed by atoms with van der Waals surface area (Å²) < 4.78 is 0. The molecule has 180 valence electrons. The van der Waals surface area contributed by atoms with E-state index in [9.17, 15) is 14.4 Å². The maximum absolute atomic E-state index is 13.9. The Morgan fingerprint density at radius 2 is 1.75 bits per heavy atom. The van der Waals surface area contributed by atoms with Crippen LogP contribution in [0, 0.1) is 0 Å². The van der Waals surface area contributed by atoms with Gasteiger partial charge in [-0.15, -0.1) is 0 Å². The van der Waals surface area contributed by atoms with Crippen molar-refractivity contribution in [3.05, 3.63) is 81.9 Å². The fourth-order valence-electron chi connectivity index (χ4n) is 6.01. The van der Waals surface area contributed by atoms with Crippen LogP contribution in [0.1, 0.15) is 23.4 Å². The van der Waals surface area contributed by atoms with Crippen LogP contribution >= 0.6 is 0 Å². The summed E-state index contributed by atoms with van der Waals surface area (Å²) in [5.41, 5.74) is 7.50. The van der Waals surface area contributed by atoms with Gasteiger partial charge in [0.1, 0.15) is 24.1 Å². The molecule has 2 aromatic carbocycles. The second-order valence-corrected chi connectivity index (χ2v) is 9.52. The Hall–Kier alpha value is -4.67. The minimum absolute atomic E-state index is 0.0355. The van der Waals surface area contributed by atoms with Gasteiger partial charge in [0.15, 0.2) is 11.2 Å². The first kappa shape index (κ1) is 20.7. The molecule has 0 saturated carbocycles. The van der Waals surface area contributed by atoms with Crippen LogP contribution in [0.25, 0.3) is 11.2 Å². The predicted molar refractivity (Wildman–Crippen MR) is 131 cm³/mol. The fraction of sp³-hybridized carbons (Fsp3) is 0.240. The number of anilines is 2. The zero-order chi connectivity index (χ0) is 24.6. The summed E-state index contributed by atoms with van der Waals surface area (Å²) in [5, 5.41) is 6.41. The number of carbonyl (C=O) groups excluding carboxylic acids is 2. The number of aromatic nitrogens is 4. The summed E-state index contributed by atoms with van der Waals surface area (Å²) in [4.78, 5) is 55.9. The third-order valence-corrected chi connectivity index (χ3v) is 7.55. The van der Waals surface area contributed by atoms with Crippen LogP contribution in [0.4, 0.5) is 11.6 Å². The molecular weight excluding hydrogens is 460 g/mol. The number of imidazole rings is 1. The van der Waals surface area contributed by atoms with E-state index in [1.165, 1.54) is 0 Å². The molecule has 2 saturated heterocycles. The third kappa shape index (κ3) is 2.70. The van der Waals surface area contributed by atoms with Crippen LogP contribution in [-0.4, -0.2) is 54.9 Å². The third-order valence-electron chi connectivity index (χ3n) is 7.55. The number of nitrogens with two attached hydrogens (primary N) is 1. The summed E-state index contributed by atoms with van der Waals surface area (Å²) >= 11 is 0. The van der Waals surface area contributed by atoms with Crippen LogP contribution in [0.5, 0.6) is 0 Å². The number of hydrogen-bond acceptors (Lipinski definition) is 7. The Morgan fingerprint density at radius 3 is 2.58 bits per heavy atom. The van der Waals surface area contributed by atoms with Crippen molar-refractivity contribution >= 4 is 34.6 Å². The largest absolute Gasteiger partial charge is 0.369 e. The van der Waals surface area contributed by atoms with E-state index in [1.807, 2.05) is 54.6 Å². The summed E-state index contributed by atoms with van der Waals surface area (Å²) in [7, 11) is 0. The van der Waals surface area contributed by atoms with Gasteiger partial charge in [-0.3, -0.25) is 19.4 Å². The van der Waals surface area contributed by atoms with E-state index >= 15 is 0 Å². The number of piperazine rings is 1. The topological polar surface area (TPSA) is 162 Å². The predicted octanol–water partition coefficient (Wildman–Crippen LogP) is 0.608. The van der Waals surface area contributed by atoms with E-state index in [4.69, 9.17) is 5.73 Å². The van der Waals surface area contributed by atoms with Gasteiger partial charge in [-0.1, -0.05) is 48.5 Å². The van der Waals surface area contributed by atoms with E-state index in [-0.39, 0.29) is 28.9 Å². The zero-order valence-electron chi connectivity index (χ0n) is 19.0. The molecule has 0 spiro atoms. The number of aromatic amines is 2. The number of carbonyl (C=O) groups is 2. The normalized spacial score (nSPS) is 26.3. The fourth-order valence-corrected chi connectivity index (χ4v) is 6.01. The van der Waals surface area contributed by atoms with Crippen LogP contribution in [0.3, 0.4) is 0 Å². The van der Waals surface area contributed by atoms with Gasteiger partial charge < -0.3 is 26.3 Å². The van der Waals surface area contributed by atoms with Crippen LogP contribution < -0.4 is 21.9 Å². The molecule has 2 aromatic heterocycles. The Balaban J connectivity index is 1.37. The van der Waals surface area contributed by atoms with E-state index < -0.39 is 29.2 Å². The van der Waals surface area contributed by atoms with Gasteiger partial charge >= 0.3 is 0 Å². The number of nitrogens with one attached hydrogen (secondary N) is 4. The molecule has 0 bridgehead atoms. The lowest BCUT2D eigenvalue weighted by Crippen LogP contribution is -2.64. The molecule has 36 heavy (non-hydrogen) atoms. The molecule has 0 aliphatic carbocycles. The summed E-state index contributed by atoms with van der Waals surface area (Å²) in [6.45, 7) is 0. The number of H-pyrrole nitrogens is 2. The Morgan fingerprint density at radius 1 is 0.972 bits per heavy atom. The number of hydrogen-bond donors (Lipinski definition) is 5. The number of nitrogen functional groups attached to an aromatic ring is 1. The highest BCUT2D eigenvalue weighted by Gasteiger charge is 2.65. The highest BCUT2D eigenvalue weighted by Crippen LogP contribution is 2.54. The Bertz CT molecular complexity index is 1610. The minimum Gasteiger partial charge on any atom is -0.369 e. The highest BCUT2D eigenvalue weighted by molar-refractivity contribution is 5.99. The molecule has 0 radical (unpaired) electrons. The zero-order valence-corrected chi connectivity index (χ0v) is 19.0. The molecule has 4 unspecified atom stereocenters. The first-order valence-electron chi connectivity index (χ1n) is 11.7. The van der Waals surface area contributed by atoms with Gasteiger partial charge in [-0.2, -0.15) is 4.98 Å². The van der Waals surface area contributed by atoms with Gasteiger partial charge in [-0.05, 0) is 23.6 Å². The number of nitrogens with zero attached hydrogens (tertiary/aromatic N) is 3. The maximum Gasteiger partial charge on any atom is 0.278 e. The van der Waals surface area contributed by atoms with Crippen molar-refractivity contribution in [1.82, 2.24) is 30.2 Å². The molecule has 3 aliphatic rings. The molecule has 7 rings (SSSR count). The molecule has 2 fully saturated rings. The number of fused-ring (bicyclic) bond motifs is 6. The van der Waals surface area contributed by atoms with Gasteiger partial charge in [0.25, 0.3) is 5.56 Å². The Kier molecular flexibility index (Phi) is 4.12. The lowest BCUT2D eigenvalue weighted by Gasteiger charge is -2.38. The second kappa shape index (κ2) is 7.17. The highest BCUT2D eigenvalue weighted by atomic mass is 16.2.